The van der Waals surface area contributed by atoms with E-state index in [4.69, 9.17) is 4.74 Å². The van der Waals surface area contributed by atoms with Gasteiger partial charge in [-0.3, -0.25) is 14.9 Å². The summed E-state index contributed by atoms with van der Waals surface area (Å²) >= 11 is 0. The molecular formula is C15H18N2O4. The van der Waals surface area contributed by atoms with Gasteiger partial charge in [0.05, 0.1) is 23.1 Å². The van der Waals surface area contributed by atoms with Crippen molar-refractivity contribution in [3.05, 3.63) is 33.9 Å². The third-order valence-electron chi connectivity index (χ3n) is 4.15. The minimum absolute atomic E-state index is 0.00106. The summed E-state index contributed by atoms with van der Waals surface area (Å²) in [5.41, 5.74) is 1.71. The molecule has 0 spiro atoms. The number of nitrogens with zero attached hydrogens (tertiary/aromatic N) is 2. The standard InChI is InChI=1S/C15H18N2O4/c18-15(10-13-3-1-2-8-21-13)16-7-6-11-4-5-12(17(19)20)9-14(11)16/h4-5,9,13H,1-3,6-8,10H2. The Morgan fingerprint density at radius 3 is 3.00 bits per heavy atom. The molecule has 21 heavy (non-hydrogen) atoms. The first kappa shape index (κ1) is 14.0. The zero-order chi connectivity index (χ0) is 14.8. The summed E-state index contributed by atoms with van der Waals surface area (Å²) in [5.74, 6) is 0.00106. The molecule has 0 saturated carbocycles. The van der Waals surface area contributed by atoms with Crippen LogP contribution < -0.4 is 4.90 Å². The number of hydrogen-bond acceptors (Lipinski definition) is 4. The molecule has 112 valence electrons. The van der Waals surface area contributed by atoms with Gasteiger partial charge in [0.15, 0.2) is 0 Å². The number of ether oxygens (including phenoxy) is 1. The summed E-state index contributed by atoms with van der Waals surface area (Å²) in [5, 5.41) is 10.9. The summed E-state index contributed by atoms with van der Waals surface area (Å²) in [7, 11) is 0. The van der Waals surface area contributed by atoms with E-state index in [1.165, 1.54) is 12.1 Å². The van der Waals surface area contributed by atoms with E-state index in [1.807, 2.05) is 0 Å². The number of carbonyl (C=O) groups excluding carboxylic acids is 1. The van der Waals surface area contributed by atoms with Gasteiger partial charge in [0, 0.05) is 25.3 Å². The van der Waals surface area contributed by atoms with Crippen LogP contribution in [0.1, 0.15) is 31.2 Å². The lowest BCUT2D eigenvalue weighted by Crippen LogP contribution is -2.33. The zero-order valence-electron chi connectivity index (χ0n) is 11.8. The second-order valence-electron chi connectivity index (χ2n) is 5.56. The van der Waals surface area contributed by atoms with Crippen molar-refractivity contribution in [1.29, 1.82) is 0 Å². The number of hydrogen-bond donors (Lipinski definition) is 0. The summed E-state index contributed by atoms with van der Waals surface area (Å²) in [4.78, 5) is 24.6. The van der Waals surface area contributed by atoms with E-state index < -0.39 is 4.92 Å². The van der Waals surface area contributed by atoms with Crippen molar-refractivity contribution in [2.75, 3.05) is 18.1 Å². The van der Waals surface area contributed by atoms with Gasteiger partial charge in [0.2, 0.25) is 5.91 Å². The molecule has 6 heteroatoms. The largest absolute Gasteiger partial charge is 0.378 e. The maximum absolute atomic E-state index is 12.4. The summed E-state index contributed by atoms with van der Waals surface area (Å²) in [6.45, 7) is 1.32. The molecule has 1 aromatic rings. The number of nitro groups is 1. The first-order valence-corrected chi connectivity index (χ1v) is 7.34. The number of fused-ring (bicyclic) bond motifs is 1. The zero-order valence-corrected chi connectivity index (χ0v) is 11.8. The highest BCUT2D eigenvalue weighted by Gasteiger charge is 2.28. The first-order valence-electron chi connectivity index (χ1n) is 7.34. The summed E-state index contributed by atoms with van der Waals surface area (Å²) < 4.78 is 5.60. The van der Waals surface area contributed by atoms with Gasteiger partial charge in [0.25, 0.3) is 5.69 Å². The minimum atomic E-state index is -0.425. The smallest absolute Gasteiger partial charge is 0.271 e. The van der Waals surface area contributed by atoms with E-state index >= 15 is 0 Å². The molecule has 1 amide bonds. The lowest BCUT2D eigenvalue weighted by Gasteiger charge is -2.25. The fraction of sp³-hybridized carbons (Fsp3) is 0.533. The Morgan fingerprint density at radius 1 is 1.43 bits per heavy atom. The molecule has 1 atom stereocenters. The van der Waals surface area contributed by atoms with Crippen molar-refractivity contribution in [1.82, 2.24) is 0 Å². The van der Waals surface area contributed by atoms with Gasteiger partial charge < -0.3 is 9.64 Å². The van der Waals surface area contributed by atoms with Crippen LogP contribution in [0.15, 0.2) is 18.2 Å². The van der Waals surface area contributed by atoms with Crippen molar-refractivity contribution in [2.24, 2.45) is 0 Å². The fourth-order valence-corrected chi connectivity index (χ4v) is 3.01. The molecule has 0 bridgehead atoms. The number of nitro benzene ring substituents is 1. The SMILES string of the molecule is O=C(CC1CCCCO1)N1CCc2ccc([N+](=O)[O-])cc21. The Balaban J connectivity index is 1.74. The van der Waals surface area contributed by atoms with E-state index in [0.717, 1.165) is 37.9 Å². The predicted octanol–water partition coefficient (Wildman–Crippen LogP) is 2.44. The highest BCUT2D eigenvalue weighted by molar-refractivity contribution is 5.96. The third kappa shape index (κ3) is 2.90. The Hall–Kier alpha value is -1.95. The maximum Gasteiger partial charge on any atom is 0.271 e. The van der Waals surface area contributed by atoms with Crippen LogP contribution >= 0.6 is 0 Å². The van der Waals surface area contributed by atoms with Gasteiger partial charge in [-0.1, -0.05) is 6.07 Å². The van der Waals surface area contributed by atoms with Crippen LogP contribution in [-0.4, -0.2) is 30.1 Å². The van der Waals surface area contributed by atoms with Crippen LogP contribution in [0.4, 0.5) is 11.4 Å². The van der Waals surface area contributed by atoms with Crippen LogP contribution in [0.5, 0.6) is 0 Å². The molecule has 1 unspecified atom stereocenters. The third-order valence-corrected chi connectivity index (χ3v) is 4.15. The Morgan fingerprint density at radius 2 is 2.29 bits per heavy atom. The highest BCUT2D eigenvalue weighted by atomic mass is 16.6. The molecule has 0 aromatic heterocycles. The molecule has 2 heterocycles. The van der Waals surface area contributed by atoms with Crippen molar-refractivity contribution in [3.63, 3.8) is 0 Å². The Bertz CT molecular complexity index is 567. The average Bonchev–Trinajstić information content (AvgIpc) is 2.91. The van der Waals surface area contributed by atoms with Crippen molar-refractivity contribution < 1.29 is 14.5 Å². The second kappa shape index (κ2) is 5.81. The van der Waals surface area contributed by atoms with Crippen LogP contribution in [0, 0.1) is 10.1 Å². The van der Waals surface area contributed by atoms with E-state index in [1.54, 1.807) is 11.0 Å². The van der Waals surface area contributed by atoms with Crippen LogP contribution in [0.25, 0.3) is 0 Å². The van der Waals surface area contributed by atoms with Gasteiger partial charge in [-0.25, -0.2) is 0 Å². The topological polar surface area (TPSA) is 72.7 Å². The van der Waals surface area contributed by atoms with Gasteiger partial charge >= 0.3 is 0 Å². The quantitative estimate of drug-likeness (QED) is 0.633. The summed E-state index contributed by atoms with van der Waals surface area (Å²) in [6.07, 6.45) is 4.19. The van der Waals surface area contributed by atoms with E-state index in [2.05, 4.69) is 0 Å². The highest BCUT2D eigenvalue weighted by Crippen LogP contribution is 2.32. The van der Waals surface area contributed by atoms with Crippen molar-refractivity contribution >= 4 is 17.3 Å². The average molecular weight is 290 g/mol. The first-order chi connectivity index (χ1) is 10.1. The number of amides is 1. The van der Waals surface area contributed by atoms with Crippen LogP contribution in [0.2, 0.25) is 0 Å². The van der Waals surface area contributed by atoms with Gasteiger partial charge in [-0.2, -0.15) is 0 Å². The maximum atomic E-state index is 12.4. The fourth-order valence-electron chi connectivity index (χ4n) is 3.01. The molecule has 2 aliphatic heterocycles. The van der Waals surface area contributed by atoms with Gasteiger partial charge in [-0.15, -0.1) is 0 Å². The second-order valence-corrected chi connectivity index (χ2v) is 5.56. The monoisotopic (exact) mass is 290 g/mol. The van der Waals surface area contributed by atoms with Crippen LogP contribution in [-0.2, 0) is 16.0 Å². The summed E-state index contributed by atoms with van der Waals surface area (Å²) in [6, 6.07) is 4.75. The molecule has 1 saturated heterocycles. The molecule has 2 aliphatic rings. The van der Waals surface area contributed by atoms with Gasteiger partial charge in [-0.05, 0) is 31.2 Å². The van der Waals surface area contributed by atoms with E-state index in [-0.39, 0.29) is 17.7 Å². The number of anilines is 1. The normalized spacial score (nSPS) is 21.1. The molecule has 0 aliphatic carbocycles. The molecule has 6 nitrogen and oxygen atoms in total. The number of carbonyl (C=O) groups is 1. The number of benzene rings is 1. The molecule has 1 aromatic carbocycles. The molecule has 0 radical (unpaired) electrons. The lowest BCUT2D eigenvalue weighted by atomic mass is 10.1. The molecule has 0 N–H and O–H groups in total. The number of non-ortho nitro benzene ring substituents is 1. The van der Waals surface area contributed by atoms with E-state index in [9.17, 15) is 14.9 Å². The Kier molecular flexibility index (Phi) is 3.88. The van der Waals surface area contributed by atoms with Crippen molar-refractivity contribution in [3.8, 4) is 0 Å². The number of rotatable bonds is 3. The minimum Gasteiger partial charge on any atom is -0.378 e. The molecular weight excluding hydrogens is 272 g/mol. The lowest BCUT2D eigenvalue weighted by molar-refractivity contribution is -0.384. The van der Waals surface area contributed by atoms with Crippen LogP contribution in [0.3, 0.4) is 0 Å². The Labute approximate surface area is 122 Å². The molecule has 1 fully saturated rings. The molecule has 3 rings (SSSR count). The van der Waals surface area contributed by atoms with Gasteiger partial charge in [0.1, 0.15) is 0 Å². The van der Waals surface area contributed by atoms with Crippen molar-refractivity contribution in [2.45, 2.75) is 38.2 Å². The predicted molar refractivity (Wildman–Crippen MR) is 77.4 cm³/mol. The van der Waals surface area contributed by atoms with E-state index in [0.29, 0.717) is 18.7 Å².